The van der Waals surface area contributed by atoms with Crippen molar-refractivity contribution in [3.8, 4) is 0 Å². The molecule has 0 saturated carbocycles. The van der Waals surface area contributed by atoms with Crippen molar-refractivity contribution < 1.29 is 9.13 Å². The molecule has 58 valence electrons. The standard InChI is InChI=1S/C7H12FNO/c1-7(2,3)6-9-5(8)4-10-6/h5H,4H2,1-3H3. The lowest BCUT2D eigenvalue weighted by atomic mass is 9.97. The first-order valence-corrected chi connectivity index (χ1v) is 3.35. The highest BCUT2D eigenvalue weighted by atomic mass is 19.1. The van der Waals surface area contributed by atoms with Gasteiger partial charge >= 0.3 is 0 Å². The molecule has 0 fully saturated rings. The Hall–Kier alpha value is -0.600. The van der Waals surface area contributed by atoms with E-state index in [-0.39, 0.29) is 12.0 Å². The molecule has 2 nitrogen and oxygen atoms in total. The maximum absolute atomic E-state index is 12.4. The van der Waals surface area contributed by atoms with Gasteiger partial charge in [-0.05, 0) is 0 Å². The Morgan fingerprint density at radius 2 is 2.20 bits per heavy atom. The zero-order chi connectivity index (χ0) is 7.78. The van der Waals surface area contributed by atoms with Gasteiger partial charge in [-0.3, -0.25) is 0 Å². The Morgan fingerprint density at radius 3 is 2.40 bits per heavy atom. The summed E-state index contributed by atoms with van der Waals surface area (Å²) in [6, 6.07) is 0. The van der Waals surface area contributed by atoms with Gasteiger partial charge in [-0.1, -0.05) is 20.8 Å². The summed E-state index contributed by atoms with van der Waals surface area (Å²) in [6.07, 6.45) is -1.14. The van der Waals surface area contributed by atoms with E-state index in [0.29, 0.717) is 5.90 Å². The van der Waals surface area contributed by atoms with E-state index in [9.17, 15) is 4.39 Å². The lowest BCUT2D eigenvalue weighted by molar-refractivity contribution is 0.221. The molecule has 0 aromatic rings. The van der Waals surface area contributed by atoms with E-state index in [1.807, 2.05) is 20.8 Å². The minimum Gasteiger partial charge on any atom is -0.475 e. The van der Waals surface area contributed by atoms with Gasteiger partial charge < -0.3 is 4.74 Å². The molecular formula is C7H12FNO. The summed E-state index contributed by atoms with van der Waals surface area (Å²) in [4.78, 5) is 3.69. The minimum atomic E-state index is -1.14. The van der Waals surface area contributed by atoms with E-state index in [4.69, 9.17) is 4.74 Å². The Morgan fingerprint density at radius 1 is 1.60 bits per heavy atom. The zero-order valence-electron chi connectivity index (χ0n) is 6.52. The Bertz CT molecular complexity index is 159. The highest BCUT2D eigenvalue weighted by Gasteiger charge is 2.27. The number of alkyl halides is 1. The highest BCUT2D eigenvalue weighted by Crippen LogP contribution is 2.21. The zero-order valence-corrected chi connectivity index (χ0v) is 6.52. The van der Waals surface area contributed by atoms with Gasteiger partial charge in [-0.25, -0.2) is 9.38 Å². The smallest absolute Gasteiger partial charge is 0.226 e. The van der Waals surface area contributed by atoms with Crippen LogP contribution >= 0.6 is 0 Å². The molecule has 1 rings (SSSR count). The summed E-state index contributed by atoms with van der Waals surface area (Å²) in [5.41, 5.74) is -0.152. The summed E-state index contributed by atoms with van der Waals surface area (Å²) in [7, 11) is 0. The molecule has 1 heterocycles. The maximum atomic E-state index is 12.4. The molecule has 0 saturated heterocycles. The van der Waals surface area contributed by atoms with E-state index in [1.165, 1.54) is 0 Å². The van der Waals surface area contributed by atoms with Crippen LogP contribution in [0.4, 0.5) is 4.39 Å². The van der Waals surface area contributed by atoms with E-state index >= 15 is 0 Å². The molecule has 0 aromatic carbocycles. The molecule has 1 aliphatic heterocycles. The molecule has 0 bridgehead atoms. The number of halogens is 1. The number of ether oxygens (including phenoxy) is 1. The molecule has 0 aliphatic carbocycles. The lowest BCUT2D eigenvalue weighted by Crippen LogP contribution is -2.20. The number of rotatable bonds is 0. The van der Waals surface area contributed by atoms with Gasteiger partial charge in [0.05, 0.1) is 0 Å². The second-order valence-electron chi connectivity index (χ2n) is 3.43. The molecule has 1 atom stereocenters. The molecule has 0 amide bonds. The molecule has 1 unspecified atom stereocenters. The van der Waals surface area contributed by atoms with Gasteiger partial charge in [0, 0.05) is 5.41 Å². The third kappa shape index (κ3) is 1.46. The predicted molar refractivity (Wildman–Crippen MR) is 37.7 cm³/mol. The topological polar surface area (TPSA) is 21.6 Å². The monoisotopic (exact) mass is 145 g/mol. The Kier molecular flexibility index (Phi) is 1.67. The van der Waals surface area contributed by atoms with Crippen LogP contribution in [0.5, 0.6) is 0 Å². The summed E-state index contributed by atoms with van der Waals surface area (Å²) in [5, 5.41) is 0. The van der Waals surface area contributed by atoms with Crippen LogP contribution < -0.4 is 0 Å². The molecule has 0 spiro atoms. The van der Waals surface area contributed by atoms with Gasteiger partial charge in [0.1, 0.15) is 6.61 Å². The first-order valence-electron chi connectivity index (χ1n) is 3.35. The van der Waals surface area contributed by atoms with E-state index in [0.717, 1.165) is 0 Å². The van der Waals surface area contributed by atoms with Gasteiger partial charge in [0.2, 0.25) is 6.30 Å². The average molecular weight is 145 g/mol. The highest BCUT2D eigenvalue weighted by molar-refractivity contribution is 5.82. The molecular weight excluding hydrogens is 133 g/mol. The summed E-state index contributed by atoms with van der Waals surface area (Å²) in [6.45, 7) is 5.93. The Labute approximate surface area is 60.1 Å². The summed E-state index contributed by atoms with van der Waals surface area (Å²) < 4.78 is 17.4. The first-order chi connectivity index (χ1) is 4.50. The van der Waals surface area contributed by atoms with Crippen LogP contribution in [0.2, 0.25) is 0 Å². The minimum absolute atomic E-state index is 0.0899. The second kappa shape index (κ2) is 2.22. The number of hydrogen-bond donors (Lipinski definition) is 0. The van der Waals surface area contributed by atoms with Crippen LogP contribution in [-0.2, 0) is 4.74 Å². The van der Waals surface area contributed by atoms with Crippen LogP contribution in [-0.4, -0.2) is 18.8 Å². The maximum Gasteiger partial charge on any atom is 0.226 e. The fourth-order valence-electron chi connectivity index (χ4n) is 0.760. The van der Waals surface area contributed by atoms with Crippen LogP contribution in [0, 0.1) is 5.41 Å². The van der Waals surface area contributed by atoms with Crippen LogP contribution in [0.1, 0.15) is 20.8 Å². The molecule has 10 heavy (non-hydrogen) atoms. The molecule has 3 heteroatoms. The average Bonchev–Trinajstić information content (AvgIpc) is 2.11. The Balaban J connectivity index is 2.67. The summed E-state index contributed by atoms with van der Waals surface area (Å²) >= 11 is 0. The lowest BCUT2D eigenvalue weighted by Gasteiger charge is -2.16. The normalized spacial score (nSPS) is 26.0. The predicted octanol–water partition coefficient (Wildman–Crippen LogP) is 1.76. The van der Waals surface area contributed by atoms with Crippen molar-refractivity contribution in [1.82, 2.24) is 0 Å². The van der Waals surface area contributed by atoms with Crippen molar-refractivity contribution in [3.05, 3.63) is 0 Å². The quantitative estimate of drug-likeness (QED) is 0.476. The van der Waals surface area contributed by atoms with E-state index in [2.05, 4.69) is 4.99 Å². The van der Waals surface area contributed by atoms with Crippen LogP contribution in [0.15, 0.2) is 4.99 Å². The summed E-state index contributed by atoms with van der Waals surface area (Å²) in [5.74, 6) is 0.528. The first kappa shape index (κ1) is 7.51. The third-order valence-electron chi connectivity index (χ3n) is 1.26. The van der Waals surface area contributed by atoms with Crippen molar-refractivity contribution in [2.45, 2.75) is 27.1 Å². The van der Waals surface area contributed by atoms with Crippen molar-refractivity contribution >= 4 is 5.90 Å². The SMILES string of the molecule is CC(C)(C)C1=NC(F)CO1. The second-order valence-corrected chi connectivity index (χ2v) is 3.43. The molecule has 1 aliphatic rings. The van der Waals surface area contributed by atoms with Crippen molar-refractivity contribution in [1.29, 1.82) is 0 Å². The van der Waals surface area contributed by atoms with Crippen LogP contribution in [0.25, 0.3) is 0 Å². The van der Waals surface area contributed by atoms with Crippen molar-refractivity contribution in [2.75, 3.05) is 6.61 Å². The third-order valence-corrected chi connectivity index (χ3v) is 1.26. The number of hydrogen-bond acceptors (Lipinski definition) is 2. The van der Waals surface area contributed by atoms with E-state index < -0.39 is 6.30 Å². The van der Waals surface area contributed by atoms with Gasteiger partial charge in [-0.15, -0.1) is 0 Å². The van der Waals surface area contributed by atoms with Gasteiger partial charge in [-0.2, -0.15) is 0 Å². The van der Waals surface area contributed by atoms with Gasteiger partial charge in [0.25, 0.3) is 0 Å². The van der Waals surface area contributed by atoms with Crippen molar-refractivity contribution in [3.63, 3.8) is 0 Å². The fourth-order valence-corrected chi connectivity index (χ4v) is 0.760. The largest absolute Gasteiger partial charge is 0.475 e. The number of nitrogens with zero attached hydrogens (tertiary/aromatic N) is 1. The molecule has 0 radical (unpaired) electrons. The van der Waals surface area contributed by atoms with Gasteiger partial charge in [0.15, 0.2) is 5.90 Å². The molecule has 0 N–H and O–H groups in total. The fraction of sp³-hybridized carbons (Fsp3) is 0.857. The molecule has 0 aromatic heterocycles. The van der Waals surface area contributed by atoms with Crippen LogP contribution in [0.3, 0.4) is 0 Å². The van der Waals surface area contributed by atoms with E-state index in [1.54, 1.807) is 0 Å². The van der Waals surface area contributed by atoms with Crippen molar-refractivity contribution in [2.24, 2.45) is 10.4 Å². The number of aliphatic imine (C=N–C) groups is 1.